The van der Waals surface area contributed by atoms with Gasteiger partial charge in [-0.1, -0.05) is 49.4 Å². The highest BCUT2D eigenvalue weighted by Gasteiger charge is 2.22. The Labute approximate surface area is 193 Å². The summed E-state index contributed by atoms with van der Waals surface area (Å²) in [6.45, 7) is 11.3. The molecule has 3 N–H and O–H groups in total. The Balaban J connectivity index is 1.28. The fraction of sp³-hybridized carbons (Fsp3) is 0.500. The van der Waals surface area contributed by atoms with Crippen LogP contribution < -0.4 is 16.0 Å². The zero-order valence-electron chi connectivity index (χ0n) is 19.4. The molecular formula is C26H38N6. The Hall–Kier alpha value is -2.57. The van der Waals surface area contributed by atoms with E-state index < -0.39 is 0 Å². The van der Waals surface area contributed by atoms with Crippen molar-refractivity contribution < 1.29 is 0 Å². The van der Waals surface area contributed by atoms with Crippen LogP contribution in [-0.4, -0.2) is 67.6 Å². The lowest BCUT2D eigenvalue weighted by atomic mass is 10.1. The molecule has 2 aromatic rings. The zero-order chi connectivity index (χ0) is 22.2. The number of aliphatic imine (C=N–C) groups is 1. The van der Waals surface area contributed by atoms with Crippen LogP contribution in [0.4, 0.5) is 5.69 Å². The summed E-state index contributed by atoms with van der Waals surface area (Å²) in [6, 6.07) is 19.9. The van der Waals surface area contributed by atoms with Gasteiger partial charge >= 0.3 is 0 Å². The second kappa shape index (κ2) is 11.3. The van der Waals surface area contributed by atoms with Crippen LogP contribution in [0.1, 0.15) is 30.9 Å². The summed E-state index contributed by atoms with van der Waals surface area (Å²) in [5.74, 6) is 0.555. The van der Waals surface area contributed by atoms with Gasteiger partial charge in [0, 0.05) is 51.0 Å². The molecule has 0 bridgehead atoms. The molecule has 6 heteroatoms. The van der Waals surface area contributed by atoms with Crippen molar-refractivity contribution in [3.05, 3.63) is 65.7 Å². The number of hydrogen-bond acceptors (Lipinski definition) is 4. The van der Waals surface area contributed by atoms with E-state index in [1.165, 1.54) is 36.2 Å². The van der Waals surface area contributed by atoms with Crippen LogP contribution in [0.25, 0.3) is 0 Å². The van der Waals surface area contributed by atoms with Crippen LogP contribution in [-0.2, 0) is 13.1 Å². The third kappa shape index (κ3) is 6.02. The summed E-state index contributed by atoms with van der Waals surface area (Å²) < 4.78 is 0. The van der Waals surface area contributed by atoms with Gasteiger partial charge in [-0.15, -0.1) is 0 Å². The maximum atomic E-state index is 6.20. The summed E-state index contributed by atoms with van der Waals surface area (Å²) in [5.41, 5.74) is 10.1. The molecule has 0 aliphatic carbocycles. The molecule has 0 spiro atoms. The minimum atomic E-state index is 0.555. The standard InChI is InChI=1S/C26H38N6/c1-2-31-14-8-13-25(31)20-29-26(27)28-19-22-9-6-7-10-23(22)21-30-15-17-32(18-16-30)24-11-4-3-5-12-24/h3-7,9-12,25H,2,8,13-21H2,1H3,(H3,27,28,29). The van der Waals surface area contributed by atoms with Crippen LogP contribution in [0.3, 0.4) is 0 Å². The molecule has 2 fully saturated rings. The van der Waals surface area contributed by atoms with E-state index in [4.69, 9.17) is 5.73 Å². The maximum absolute atomic E-state index is 6.20. The van der Waals surface area contributed by atoms with Gasteiger partial charge < -0.3 is 16.0 Å². The Morgan fingerprint density at radius 1 is 0.969 bits per heavy atom. The molecule has 2 saturated heterocycles. The molecule has 0 saturated carbocycles. The molecule has 172 valence electrons. The number of guanidine groups is 1. The second-order valence-electron chi connectivity index (χ2n) is 8.87. The van der Waals surface area contributed by atoms with Gasteiger partial charge in [0.15, 0.2) is 5.96 Å². The van der Waals surface area contributed by atoms with Gasteiger partial charge in [0.1, 0.15) is 0 Å². The first-order chi connectivity index (χ1) is 15.7. The fourth-order valence-corrected chi connectivity index (χ4v) is 4.90. The lowest BCUT2D eigenvalue weighted by Crippen LogP contribution is -2.46. The minimum Gasteiger partial charge on any atom is -0.370 e. The van der Waals surface area contributed by atoms with E-state index in [2.05, 4.69) is 86.5 Å². The largest absolute Gasteiger partial charge is 0.370 e. The molecule has 0 radical (unpaired) electrons. The van der Waals surface area contributed by atoms with Crippen LogP contribution in [0.5, 0.6) is 0 Å². The highest BCUT2D eigenvalue weighted by atomic mass is 15.3. The molecule has 2 aliphatic rings. The molecule has 1 atom stereocenters. The molecule has 2 aliphatic heterocycles. The Morgan fingerprint density at radius 2 is 1.69 bits per heavy atom. The smallest absolute Gasteiger partial charge is 0.188 e. The van der Waals surface area contributed by atoms with Crippen molar-refractivity contribution in [2.75, 3.05) is 50.7 Å². The van der Waals surface area contributed by atoms with Gasteiger partial charge in [0.05, 0.1) is 6.54 Å². The lowest BCUT2D eigenvalue weighted by Gasteiger charge is -2.36. The molecule has 4 rings (SSSR count). The molecule has 2 aromatic carbocycles. The highest BCUT2D eigenvalue weighted by molar-refractivity contribution is 5.77. The molecule has 6 nitrogen and oxygen atoms in total. The number of para-hydroxylation sites is 1. The van der Waals surface area contributed by atoms with E-state index in [0.717, 1.165) is 45.8 Å². The molecule has 0 amide bonds. The first-order valence-electron chi connectivity index (χ1n) is 12.1. The lowest BCUT2D eigenvalue weighted by molar-refractivity contribution is 0.249. The van der Waals surface area contributed by atoms with Crippen molar-refractivity contribution in [2.24, 2.45) is 10.7 Å². The summed E-state index contributed by atoms with van der Waals surface area (Å²) in [6.07, 6.45) is 2.53. The van der Waals surface area contributed by atoms with E-state index in [0.29, 0.717) is 18.5 Å². The number of anilines is 1. The zero-order valence-corrected chi connectivity index (χ0v) is 19.4. The minimum absolute atomic E-state index is 0.555. The van der Waals surface area contributed by atoms with Crippen molar-refractivity contribution in [2.45, 2.75) is 38.9 Å². The summed E-state index contributed by atoms with van der Waals surface area (Å²) in [5, 5.41) is 3.35. The van der Waals surface area contributed by atoms with Gasteiger partial charge in [-0.2, -0.15) is 0 Å². The van der Waals surface area contributed by atoms with Crippen LogP contribution in [0.15, 0.2) is 59.6 Å². The quantitative estimate of drug-likeness (QED) is 0.494. The number of piperazine rings is 1. The third-order valence-electron chi connectivity index (χ3n) is 6.85. The Kier molecular flexibility index (Phi) is 8.02. The van der Waals surface area contributed by atoms with Crippen molar-refractivity contribution in [1.82, 2.24) is 15.1 Å². The van der Waals surface area contributed by atoms with Crippen molar-refractivity contribution >= 4 is 11.6 Å². The normalized spacial score (nSPS) is 20.6. The molecule has 32 heavy (non-hydrogen) atoms. The number of rotatable bonds is 8. The van der Waals surface area contributed by atoms with E-state index in [1.807, 2.05) is 0 Å². The monoisotopic (exact) mass is 434 g/mol. The predicted molar refractivity (Wildman–Crippen MR) is 134 cm³/mol. The van der Waals surface area contributed by atoms with Gasteiger partial charge in [0.25, 0.3) is 0 Å². The van der Waals surface area contributed by atoms with Crippen LogP contribution in [0, 0.1) is 0 Å². The highest BCUT2D eigenvalue weighted by Crippen LogP contribution is 2.19. The van der Waals surface area contributed by atoms with Crippen molar-refractivity contribution in [3.63, 3.8) is 0 Å². The van der Waals surface area contributed by atoms with Gasteiger partial charge in [-0.25, -0.2) is 4.99 Å². The van der Waals surface area contributed by atoms with Crippen molar-refractivity contribution in [3.8, 4) is 0 Å². The molecule has 2 heterocycles. The maximum Gasteiger partial charge on any atom is 0.188 e. The summed E-state index contributed by atoms with van der Waals surface area (Å²) in [4.78, 5) is 12.2. The predicted octanol–water partition coefficient (Wildman–Crippen LogP) is 2.90. The van der Waals surface area contributed by atoms with Crippen molar-refractivity contribution in [1.29, 1.82) is 0 Å². The first kappa shape index (κ1) is 22.6. The number of likely N-dealkylation sites (tertiary alicyclic amines) is 1. The number of benzene rings is 2. The van der Waals surface area contributed by atoms with Gasteiger partial charge in [0.2, 0.25) is 0 Å². The number of nitrogens with two attached hydrogens (primary N) is 1. The summed E-state index contributed by atoms with van der Waals surface area (Å²) >= 11 is 0. The second-order valence-corrected chi connectivity index (χ2v) is 8.87. The first-order valence-corrected chi connectivity index (χ1v) is 12.1. The molecule has 1 unspecified atom stereocenters. The SMILES string of the molecule is CCN1CCCC1CNC(N)=NCc1ccccc1CN1CCN(c2ccccc2)CC1. The average Bonchev–Trinajstić information content (AvgIpc) is 3.31. The van der Waals surface area contributed by atoms with E-state index in [9.17, 15) is 0 Å². The van der Waals surface area contributed by atoms with E-state index in [-0.39, 0.29) is 0 Å². The summed E-state index contributed by atoms with van der Waals surface area (Å²) in [7, 11) is 0. The Morgan fingerprint density at radius 3 is 2.44 bits per heavy atom. The van der Waals surface area contributed by atoms with Crippen LogP contribution >= 0.6 is 0 Å². The number of likely N-dealkylation sites (N-methyl/N-ethyl adjacent to an activating group) is 1. The molecule has 0 aromatic heterocycles. The molecular weight excluding hydrogens is 396 g/mol. The number of nitrogens with zero attached hydrogens (tertiary/aromatic N) is 4. The van der Waals surface area contributed by atoms with Gasteiger partial charge in [-0.3, -0.25) is 9.80 Å². The van der Waals surface area contributed by atoms with E-state index >= 15 is 0 Å². The van der Waals surface area contributed by atoms with Gasteiger partial charge in [-0.05, 0) is 49.2 Å². The number of nitrogens with one attached hydrogen (secondary N) is 1. The topological polar surface area (TPSA) is 60.1 Å². The number of hydrogen-bond donors (Lipinski definition) is 2. The Bertz CT molecular complexity index is 860. The third-order valence-corrected chi connectivity index (χ3v) is 6.85. The average molecular weight is 435 g/mol. The van der Waals surface area contributed by atoms with E-state index in [1.54, 1.807) is 0 Å². The van der Waals surface area contributed by atoms with Crippen LogP contribution in [0.2, 0.25) is 0 Å². The fourth-order valence-electron chi connectivity index (χ4n) is 4.90.